The first kappa shape index (κ1) is 20.4. The number of hydrogen-bond donors (Lipinski definition) is 1. The highest BCUT2D eigenvalue weighted by molar-refractivity contribution is 6.06. The largest absolute Gasteiger partial charge is 0.338 e. The summed E-state index contributed by atoms with van der Waals surface area (Å²) in [5, 5.41) is 2.29. The molecule has 1 N–H and O–H groups in total. The lowest BCUT2D eigenvalue weighted by Crippen LogP contribution is -2.52. The molecule has 2 aromatic carbocycles. The van der Waals surface area contributed by atoms with E-state index in [0.29, 0.717) is 36.2 Å². The van der Waals surface area contributed by atoms with E-state index in [4.69, 9.17) is 0 Å². The van der Waals surface area contributed by atoms with Gasteiger partial charge in [-0.1, -0.05) is 12.1 Å². The number of amides is 4. The van der Waals surface area contributed by atoms with E-state index >= 15 is 0 Å². The number of imide groups is 1. The van der Waals surface area contributed by atoms with Crippen molar-refractivity contribution >= 4 is 23.6 Å². The van der Waals surface area contributed by atoms with Crippen molar-refractivity contribution < 1.29 is 23.6 Å². The third kappa shape index (κ3) is 3.55. The van der Waals surface area contributed by atoms with E-state index in [9.17, 15) is 23.6 Å². The number of fused-ring (bicyclic) bond motifs is 1. The number of carbonyl (C=O) groups is 4. The van der Waals surface area contributed by atoms with Crippen LogP contribution < -0.4 is 5.32 Å². The van der Waals surface area contributed by atoms with E-state index < -0.39 is 11.9 Å². The molecule has 32 heavy (non-hydrogen) atoms. The second-order valence-electron chi connectivity index (χ2n) is 8.56. The van der Waals surface area contributed by atoms with Crippen molar-refractivity contribution in [2.45, 2.75) is 37.8 Å². The Labute approximate surface area is 184 Å². The first-order valence-corrected chi connectivity index (χ1v) is 10.7. The van der Waals surface area contributed by atoms with Crippen LogP contribution in [0.1, 0.15) is 57.0 Å². The predicted molar refractivity (Wildman–Crippen MR) is 112 cm³/mol. The molecule has 4 amide bonds. The molecule has 0 bridgehead atoms. The molecule has 0 aliphatic carbocycles. The lowest BCUT2D eigenvalue weighted by Gasteiger charge is -2.29. The van der Waals surface area contributed by atoms with Gasteiger partial charge in [-0.05, 0) is 54.3 Å². The van der Waals surface area contributed by atoms with E-state index in [1.807, 2.05) is 0 Å². The number of benzene rings is 2. The zero-order valence-electron chi connectivity index (χ0n) is 17.3. The third-order valence-corrected chi connectivity index (χ3v) is 6.59. The molecule has 0 saturated carbocycles. The molecule has 1 unspecified atom stereocenters. The molecule has 0 spiro atoms. The number of carbonyl (C=O) groups excluding carboxylic acids is 4. The number of likely N-dealkylation sites (tertiary alicyclic amines) is 1. The van der Waals surface area contributed by atoms with Crippen LogP contribution in [0, 0.1) is 5.82 Å². The molecule has 3 aliphatic rings. The Hall–Kier alpha value is -3.55. The minimum atomic E-state index is -0.679. The lowest BCUT2D eigenvalue weighted by atomic mass is 9.98. The summed E-state index contributed by atoms with van der Waals surface area (Å²) < 4.78 is 13.2. The molecule has 3 heterocycles. The second kappa shape index (κ2) is 7.85. The van der Waals surface area contributed by atoms with Gasteiger partial charge < -0.3 is 9.80 Å². The van der Waals surface area contributed by atoms with Crippen molar-refractivity contribution in [2.24, 2.45) is 0 Å². The maximum Gasteiger partial charge on any atom is 0.255 e. The van der Waals surface area contributed by atoms with Crippen molar-refractivity contribution in [3.8, 4) is 0 Å². The van der Waals surface area contributed by atoms with E-state index in [1.54, 1.807) is 35.2 Å². The fourth-order valence-corrected chi connectivity index (χ4v) is 4.84. The summed E-state index contributed by atoms with van der Waals surface area (Å²) in [4.78, 5) is 52.8. The maximum absolute atomic E-state index is 13.2. The number of rotatable bonds is 3. The van der Waals surface area contributed by atoms with Crippen LogP contribution in [0.2, 0.25) is 0 Å². The Morgan fingerprint density at radius 2 is 1.81 bits per heavy atom. The number of nitrogens with zero attached hydrogens (tertiary/aromatic N) is 2. The van der Waals surface area contributed by atoms with Gasteiger partial charge in [-0.3, -0.25) is 24.5 Å². The van der Waals surface area contributed by atoms with Crippen LogP contribution in [0.4, 0.5) is 4.39 Å². The Morgan fingerprint density at radius 3 is 2.56 bits per heavy atom. The van der Waals surface area contributed by atoms with Crippen molar-refractivity contribution in [1.29, 1.82) is 0 Å². The minimum Gasteiger partial charge on any atom is -0.338 e. The van der Waals surface area contributed by atoms with Gasteiger partial charge in [0.25, 0.3) is 11.8 Å². The van der Waals surface area contributed by atoms with Gasteiger partial charge in [-0.25, -0.2) is 4.39 Å². The molecular formula is C24H22FN3O4. The average molecular weight is 435 g/mol. The summed E-state index contributed by atoms with van der Waals surface area (Å²) in [6.07, 6.45) is 1.31. The second-order valence-corrected chi connectivity index (χ2v) is 8.56. The van der Waals surface area contributed by atoms with Crippen molar-refractivity contribution in [3.63, 3.8) is 0 Å². The standard InChI is InChI=1S/C24H22FN3O4/c25-18-4-1-14(2-5-18)16-9-10-27(12-16)23(31)15-3-6-19-17(11-15)13-28(24(19)32)20-7-8-21(29)26-22(20)30/h1-6,11,16,20H,7-10,12-13H2,(H,26,29,30)/t16-,20?/m0/s1. The zero-order valence-corrected chi connectivity index (χ0v) is 17.3. The van der Waals surface area contributed by atoms with Gasteiger partial charge in [-0.15, -0.1) is 0 Å². The van der Waals surface area contributed by atoms with Crippen LogP contribution >= 0.6 is 0 Å². The lowest BCUT2D eigenvalue weighted by molar-refractivity contribution is -0.136. The smallest absolute Gasteiger partial charge is 0.255 e. The SMILES string of the molecule is O=C1CCC(N2Cc3cc(C(=O)N4CC[C@H](c5ccc(F)cc5)C4)ccc3C2=O)C(=O)N1. The summed E-state index contributed by atoms with van der Waals surface area (Å²) >= 11 is 0. The van der Waals surface area contributed by atoms with Crippen LogP contribution in [0.25, 0.3) is 0 Å². The van der Waals surface area contributed by atoms with E-state index in [0.717, 1.165) is 12.0 Å². The fraction of sp³-hybridized carbons (Fsp3) is 0.333. The summed E-state index contributed by atoms with van der Waals surface area (Å²) in [6, 6.07) is 10.7. The van der Waals surface area contributed by atoms with Gasteiger partial charge in [0, 0.05) is 43.1 Å². The molecule has 2 aromatic rings. The summed E-state index contributed by atoms with van der Waals surface area (Å²) in [6.45, 7) is 1.40. The summed E-state index contributed by atoms with van der Waals surface area (Å²) in [5.41, 5.74) is 2.71. The molecule has 2 saturated heterocycles. The number of hydrogen-bond acceptors (Lipinski definition) is 4. The molecule has 2 atom stereocenters. The number of halogens is 1. The van der Waals surface area contributed by atoms with Gasteiger partial charge in [0.1, 0.15) is 11.9 Å². The Kier molecular flexibility index (Phi) is 5.00. The molecular weight excluding hydrogens is 413 g/mol. The van der Waals surface area contributed by atoms with Crippen LogP contribution in [-0.4, -0.2) is 52.6 Å². The Balaban J connectivity index is 1.30. The van der Waals surface area contributed by atoms with Crippen LogP contribution in [-0.2, 0) is 16.1 Å². The summed E-state index contributed by atoms with van der Waals surface area (Å²) in [7, 11) is 0. The molecule has 0 radical (unpaired) electrons. The predicted octanol–water partition coefficient (Wildman–Crippen LogP) is 2.22. The van der Waals surface area contributed by atoms with Gasteiger partial charge >= 0.3 is 0 Å². The topological polar surface area (TPSA) is 86.8 Å². The fourth-order valence-electron chi connectivity index (χ4n) is 4.84. The molecule has 164 valence electrons. The highest BCUT2D eigenvalue weighted by atomic mass is 19.1. The van der Waals surface area contributed by atoms with Crippen molar-refractivity contribution in [1.82, 2.24) is 15.1 Å². The zero-order chi connectivity index (χ0) is 22.4. The number of piperidine rings is 1. The minimum absolute atomic E-state index is 0.107. The molecule has 2 fully saturated rings. The van der Waals surface area contributed by atoms with E-state index in [2.05, 4.69) is 5.32 Å². The van der Waals surface area contributed by atoms with E-state index in [-0.39, 0.29) is 42.4 Å². The van der Waals surface area contributed by atoms with Gasteiger partial charge in [-0.2, -0.15) is 0 Å². The molecule has 3 aliphatic heterocycles. The van der Waals surface area contributed by atoms with Crippen molar-refractivity contribution in [2.75, 3.05) is 13.1 Å². The molecule has 7 nitrogen and oxygen atoms in total. The highest BCUT2D eigenvalue weighted by Gasteiger charge is 2.39. The summed E-state index contributed by atoms with van der Waals surface area (Å²) in [5.74, 6) is -1.26. The maximum atomic E-state index is 13.2. The normalized spacial score (nSPS) is 22.8. The van der Waals surface area contributed by atoms with Crippen LogP contribution in [0.5, 0.6) is 0 Å². The molecule has 5 rings (SSSR count). The molecule has 0 aromatic heterocycles. The number of nitrogens with one attached hydrogen (secondary N) is 1. The monoisotopic (exact) mass is 435 g/mol. The van der Waals surface area contributed by atoms with Gasteiger partial charge in [0.2, 0.25) is 11.8 Å². The first-order valence-electron chi connectivity index (χ1n) is 10.7. The quantitative estimate of drug-likeness (QED) is 0.749. The highest BCUT2D eigenvalue weighted by Crippen LogP contribution is 2.31. The van der Waals surface area contributed by atoms with Crippen LogP contribution in [0.15, 0.2) is 42.5 Å². The van der Waals surface area contributed by atoms with E-state index in [1.165, 1.54) is 17.0 Å². The Bertz CT molecular complexity index is 1130. The van der Waals surface area contributed by atoms with Gasteiger partial charge in [0.05, 0.1) is 0 Å². The van der Waals surface area contributed by atoms with Crippen molar-refractivity contribution in [3.05, 3.63) is 70.5 Å². The van der Waals surface area contributed by atoms with Gasteiger partial charge in [0.15, 0.2) is 0 Å². The molecule has 8 heteroatoms. The van der Waals surface area contributed by atoms with Crippen LogP contribution in [0.3, 0.4) is 0 Å². The average Bonchev–Trinajstić information content (AvgIpc) is 3.39. The Morgan fingerprint density at radius 1 is 1.03 bits per heavy atom. The first-order chi connectivity index (χ1) is 15.4. The third-order valence-electron chi connectivity index (χ3n) is 6.59.